The summed E-state index contributed by atoms with van der Waals surface area (Å²) in [5.74, 6) is -0.0224. The van der Waals surface area contributed by atoms with E-state index in [1.54, 1.807) is 18.3 Å². The first-order valence-electron chi connectivity index (χ1n) is 11.9. The fourth-order valence-corrected chi connectivity index (χ4v) is 5.91. The molecule has 0 saturated carbocycles. The molecule has 0 atom stereocenters. The summed E-state index contributed by atoms with van der Waals surface area (Å²) in [6.07, 6.45) is 6.41. The van der Waals surface area contributed by atoms with E-state index in [9.17, 15) is 9.59 Å². The second kappa shape index (κ2) is 9.88. The summed E-state index contributed by atoms with van der Waals surface area (Å²) < 4.78 is 4.51. The topological polar surface area (TPSA) is 78.4 Å². The highest BCUT2D eigenvalue weighted by Crippen LogP contribution is 2.37. The van der Waals surface area contributed by atoms with Crippen molar-refractivity contribution in [2.24, 2.45) is 5.92 Å². The minimum absolute atomic E-state index is 0.0137. The molecule has 2 amide bonds. The van der Waals surface area contributed by atoms with Crippen molar-refractivity contribution < 1.29 is 9.59 Å². The number of amides is 2. The number of piperidine rings is 2. The van der Waals surface area contributed by atoms with Gasteiger partial charge in [0.1, 0.15) is 4.83 Å². The lowest BCUT2D eigenvalue weighted by Gasteiger charge is -2.35. The minimum atomic E-state index is -0.0875. The molecule has 0 bridgehead atoms. The Hall–Kier alpha value is -2.71. The lowest BCUT2D eigenvalue weighted by atomic mass is 9.94. The third-order valence-corrected chi connectivity index (χ3v) is 7.88. The average molecular weight is 498 g/mol. The van der Waals surface area contributed by atoms with E-state index in [4.69, 9.17) is 11.6 Å². The van der Waals surface area contributed by atoms with Gasteiger partial charge in [-0.15, -0.1) is 0 Å². The molecule has 2 saturated heterocycles. The first-order valence-corrected chi connectivity index (χ1v) is 13.0. The van der Waals surface area contributed by atoms with Gasteiger partial charge in [0.2, 0.25) is 5.91 Å². The van der Waals surface area contributed by atoms with Gasteiger partial charge in [0.15, 0.2) is 0 Å². The molecule has 0 spiro atoms. The van der Waals surface area contributed by atoms with E-state index in [1.807, 2.05) is 24.0 Å². The Balaban J connectivity index is 1.37. The number of rotatable bonds is 4. The summed E-state index contributed by atoms with van der Waals surface area (Å²) in [4.78, 5) is 36.0. The van der Waals surface area contributed by atoms with Gasteiger partial charge < -0.3 is 15.1 Å². The number of carbonyl (C=O) groups excluding carboxylic acids is 2. The molecule has 1 N–H and O–H groups in total. The normalized spacial score (nSPS) is 17.2. The van der Waals surface area contributed by atoms with Crippen LogP contribution in [0.25, 0.3) is 10.2 Å². The van der Waals surface area contributed by atoms with Gasteiger partial charge >= 0.3 is 0 Å². The molecule has 2 aliphatic rings. The summed E-state index contributed by atoms with van der Waals surface area (Å²) in [6.45, 7) is 4.96. The van der Waals surface area contributed by atoms with Gasteiger partial charge in [-0.05, 0) is 68.8 Å². The summed E-state index contributed by atoms with van der Waals surface area (Å²) in [5.41, 5.74) is 3.20. The highest BCUT2D eigenvalue weighted by Gasteiger charge is 2.31. The fourth-order valence-electron chi connectivity index (χ4n) is 4.97. The Morgan fingerprint density at radius 1 is 1.12 bits per heavy atom. The lowest BCUT2D eigenvalue weighted by molar-refractivity contribution is -0.120. The lowest BCUT2D eigenvalue weighted by Crippen LogP contribution is -2.40. The van der Waals surface area contributed by atoms with E-state index in [-0.39, 0.29) is 17.7 Å². The van der Waals surface area contributed by atoms with E-state index in [0.29, 0.717) is 42.2 Å². The van der Waals surface area contributed by atoms with Crippen LogP contribution in [0, 0.1) is 12.8 Å². The van der Waals surface area contributed by atoms with Gasteiger partial charge in [-0.1, -0.05) is 17.7 Å². The van der Waals surface area contributed by atoms with Crippen molar-refractivity contribution >= 4 is 56.5 Å². The van der Waals surface area contributed by atoms with Crippen LogP contribution in [0.5, 0.6) is 0 Å². The number of likely N-dealkylation sites (tertiary alicyclic amines) is 1. The Labute approximate surface area is 208 Å². The summed E-state index contributed by atoms with van der Waals surface area (Å²) >= 11 is 7.42. The molecule has 178 valence electrons. The van der Waals surface area contributed by atoms with Crippen molar-refractivity contribution in [3.63, 3.8) is 0 Å². The van der Waals surface area contributed by atoms with Crippen LogP contribution in [-0.2, 0) is 4.79 Å². The number of hydrogen-bond donors (Lipinski definition) is 1. The number of nitrogens with zero attached hydrogens (tertiary/aromatic N) is 4. The maximum Gasteiger partial charge on any atom is 0.257 e. The fraction of sp³-hybridized carbons (Fsp3) is 0.440. The first kappa shape index (κ1) is 23.1. The maximum atomic E-state index is 13.5. The van der Waals surface area contributed by atoms with Crippen LogP contribution in [-0.4, -0.2) is 52.3 Å². The molecule has 0 radical (unpaired) electrons. The van der Waals surface area contributed by atoms with E-state index in [0.717, 1.165) is 47.5 Å². The molecular formula is C25H28ClN5O2S. The van der Waals surface area contributed by atoms with Crippen molar-refractivity contribution in [1.82, 2.24) is 14.3 Å². The molecule has 2 aromatic heterocycles. The molecule has 1 aromatic carbocycles. The molecule has 9 heteroatoms. The van der Waals surface area contributed by atoms with Crippen LogP contribution >= 0.6 is 23.1 Å². The smallest absolute Gasteiger partial charge is 0.257 e. The monoisotopic (exact) mass is 497 g/mol. The second-order valence-corrected chi connectivity index (χ2v) is 10.3. The Morgan fingerprint density at radius 2 is 1.88 bits per heavy atom. The van der Waals surface area contributed by atoms with E-state index >= 15 is 0 Å². The van der Waals surface area contributed by atoms with E-state index in [2.05, 4.69) is 19.6 Å². The van der Waals surface area contributed by atoms with Crippen molar-refractivity contribution in [2.45, 2.75) is 39.0 Å². The van der Waals surface area contributed by atoms with Gasteiger partial charge in [-0.2, -0.15) is 4.37 Å². The molecule has 4 heterocycles. The highest BCUT2D eigenvalue weighted by molar-refractivity contribution is 7.13. The zero-order chi connectivity index (χ0) is 23.7. The van der Waals surface area contributed by atoms with Crippen LogP contribution in [0.4, 0.5) is 11.4 Å². The largest absolute Gasteiger partial charge is 0.370 e. The molecule has 3 aromatic rings. The Kier molecular flexibility index (Phi) is 6.70. The molecule has 0 unspecified atom stereocenters. The van der Waals surface area contributed by atoms with E-state index < -0.39 is 0 Å². The maximum absolute atomic E-state index is 13.5. The third-order valence-electron chi connectivity index (χ3n) is 6.80. The van der Waals surface area contributed by atoms with Crippen LogP contribution in [0.15, 0.2) is 30.5 Å². The summed E-state index contributed by atoms with van der Waals surface area (Å²) in [5, 5.41) is 4.56. The Bertz CT molecular complexity index is 1220. The molecule has 34 heavy (non-hydrogen) atoms. The summed E-state index contributed by atoms with van der Waals surface area (Å²) in [6, 6.07) is 7.22. The molecule has 0 aliphatic carbocycles. The quantitative estimate of drug-likeness (QED) is 0.540. The van der Waals surface area contributed by atoms with Gasteiger partial charge in [0.05, 0.1) is 22.3 Å². The predicted octanol–water partition coefficient (Wildman–Crippen LogP) is 5.13. The molecule has 2 aliphatic heterocycles. The second-order valence-electron chi connectivity index (χ2n) is 9.08. The van der Waals surface area contributed by atoms with Gasteiger partial charge in [-0.25, -0.2) is 4.98 Å². The number of carbonyl (C=O) groups is 2. The van der Waals surface area contributed by atoms with Crippen molar-refractivity contribution in [3.8, 4) is 0 Å². The van der Waals surface area contributed by atoms with Crippen LogP contribution in [0.3, 0.4) is 0 Å². The third kappa shape index (κ3) is 4.61. The number of aryl methyl sites for hydroxylation is 1. The number of aromatic nitrogens is 2. The van der Waals surface area contributed by atoms with Gasteiger partial charge in [0.25, 0.3) is 5.91 Å². The number of halogens is 1. The zero-order valence-corrected chi connectivity index (χ0v) is 20.8. The molecule has 5 rings (SSSR count). The van der Waals surface area contributed by atoms with Crippen molar-refractivity contribution in [2.75, 3.05) is 36.4 Å². The van der Waals surface area contributed by atoms with Crippen LogP contribution in [0.2, 0.25) is 5.02 Å². The molecule has 7 nitrogen and oxygen atoms in total. The van der Waals surface area contributed by atoms with E-state index in [1.165, 1.54) is 18.0 Å². The number of anilines is 2. The molecule has 2 fully saturated rings. The van der Waals surface area contributed by atoms with Crippen LogP contribution in [0.1, 0.15) is 48.2 Å². The minimum Gasteiger partial charge on any atom is -0.370 e. The highest BCUT2D eigenvalue weighted by atomic mass is 35.5. The van der Waals surface area contributed by atoms with Crippen molar-refractivity contribution in [3.05, 3.63) is 46.7 Å². The number of hydrogen-bond acceptors (Lipinski definition) is 6. The number of pyridine rings is 1. The number of nitrogens with one attached hydrogen (secondary N) is 1. The standard InChI is InChI=1S/C25H28ClN5O2S/c1-16-21-22(20(15-27-24(21)34-29-16)25(33)31-10-3-2-4-11-31)30-12-8-17(9-13-30)23(32)28-19-7-5-6-18(26)14-19/h5-7,14-15,17H,2-4,8-13H2,1H3,(H,28,32). The zero-order valence-electron chi connectivity index (χ0n) is 19.2. The predicted molar refractivity (Wildman–Crippen MR) is 137 cm³/mol. The Morgan fingerprint density at radius 3 is 2.62 bits per heavy atom. The number of benzene rings is 1. The SMILES string of the molecule is Cc1nsc2ncc(C(=O)N3CCCCC3)c(N3CCC(C(=O)Nc4cccc(Cl)c4)CC3)c12. The van der Waals surface area contributed by atoms with Gasteiger partial charge in [0, 0.05) is 49.0 Å². The number of fused-ring (bicyclic) bond motifs is 1. The van der Waals surface area contributed by atoms with Gasteiger partial charge in [-0.3, -0.25) is 9.59 Å². The average Bonchev–Trinajstić information content (AvgIpc) is 3.24. The molecular weight excluding hydrogens is 470 g/mol. The van der Waals surface area contributed by atoms with Crippen LogP contribution < -0.4 is 10.2 Å². The summed E-state index contributed by atoms with van der Waals surface area (Å²) in [7, 11) is 0. The van der Waals surface area contributed by atoms with Crippen molar-refractivity contribution in [1.29, 1.82) is 0 Å². The first-order chi connectivity index (χ1) is 16.5.